The van der Waals surface area contributed by atoms with Crippen molar-refractivity contribution in [3.63, 3.8) is 0 Å². The van der Waals surface area contributed by atoms with Crippen molar-refractivity contribution in [2.45, 2.75) is 32.1 Å². The van der Waals surface area contributed by atoms with Crippen LogP contribution in [0.15, 0.2) is 57.9 Å². The zero-order chi connectivity index (χ0) is 21.7. The van der Waals surface area contributed by atoms with Gasteiger partial charge in [-0.25, -0.2) is 8.42 Å². The lowest BCUT2D eigenvalue weighted by atomic mass is 10.2. The molecule has 0 aliphatic carbocycles. The second kappa shape index (κ2) is 8.96. The van der Waals surface area contributed by atoms with Crippen molar-refractivity contribution in [2.75, 3.05) is 10.0 Å². The van der Waals surface area contributed by atoms with Gasteiger partial charge >= 0.3 is 0 Å². The summed E-state index contributed by atoms with van der Waals surface area (Å²) in [6.07, 6.45) is 3.79. The summed E-state index contributed by atoms with van der Waals surface area (Å²) in [4.78, 5) is 11.8. The molecule has 0 radical (unpaired) electrons. The summed E-state index contributed by atoms with van der Waals surface area (Å²) in [5, 5.41) is 6.65. The van der Waals surface area contributed by atoms with Crippen LogP contribution in [0.4, 0.5) is 11.4 Å². The lowest BCUT2D eigenvalue weighted by Crippen LogP contribution is -2.13. The molecule has 0 saturated carbocycles. The number of rotatable bonds is 7. The van der Waals surface area contributed by atoms with Crippen molar-refractivity contribution >= 4 is 39.5 Å². The van der Waals surface area contributed by atoms with Gasteiger partial charge in [0, 0.05) is 6.42 Å². The Hall–Kier alpha value is -3.39. The minimum Gasteiger partial charge on any atom is -0.354 e. The van der Waals surface area contributed by atoms with Gasteiger partial charge in [-0.15, -0.1) is 0 Å². The summed E-state index contributed by atoms with van der Waals surface area (Å²) in [6, 6.07) is 13.6. The molecule has 0 bridgehead atoms. The van der Waals surface area contributed by atoms with Gasteiger partial charge < -0.3 is 9.84 Å². The van der Waals surface area contributed by atoms with Crippen molar-refractivity contribution < 1.29 is 17.7 Å². The molecule has 3 rings (SSSR count). The fraction of sp³-hybridized carbons (Fsp3) is 0.182. The molecule has 0 aliphatic heterocycles. The van der Waals surface area contributed by atoms with Crippen molar-refractivity contribution in [1.29, 1.82) is 0 Å². The maximum Gasteiger partial charge on any atom is 0.261 e. The van der Waals surface area contributed by atoms with E-state index in [0.29, 0.717) is 29.2 Å². The number of hydrogen-bond acceptors (Lipinski definition) is 5. The Morgan fingerprint density at radius 1 is 1.07 bits per heavy atom. The van der Waals surface area contributed by atoms with E-state index in [1.165, 1.54) is 12.1 Å². The van der Waals surface area contributed by atoms with E-state index in [4.69, 9.17) is 4.52 Å². The molecule has 3 aromatic rings. The maximum atomic E-state index is 12.6. The summed E-state index contributed by atoms with van der Waals surface area (Å²) >= 11 is 0. The van der Waals surface area contributed by atoms with Gasteiger partial charge in [0.05, 0.1) is 10.6 Å². The molecule has 2 N–H and O–H groups in total. The Labute approximate surface area is 175 Å². The Bertz CT molecular complexity index is 1180. The first-order valence-electron chi connectivity index (χ1n) is 9.43. The van der Waals surface area contributed by atoms with Crippen molar-refractivity contribution in [1.82, 2.24) is 5.16 Å². The predicted molar refractivity (Wildman–Crippen MR) is 118 cm³/mol. The number of benzene rings is 2. The van der Waals surface area contributed by atoms with Gasteiger partial charge in [-0.05, 0) is 49.2 Å². The third kappa shape index (κ3) is 4.96. The Balaban J connectivity index is 1.77. The van der Waals surface area contributed by atoms with Crippen LogP contribution in [0, 0.1) is 13.8 Å². The van der Waals surface area contributed by atoms with Crippen molar-refractivity contribution in [3.8, 4) is 0 Å². The first-order chi connectivity index (χ1) is 14.3. The quantitative estimate of drug-likeness (QED) is 0.576. The molecule has 1 aromatic heterocycles. The second-order valence-corrected chi connectivity index (χ2v) is 8.41. The van der Waals surface area contributed by atoms with Crippen LogP contribution in [-0.4, -0.2) is 19.5 Å². The Morgan fingerprint density at radius 3 is 2.43 bits per heavy atom. The van der Waals surface area contributed by atoms with E-state index in [-0.39, 0.29) is 10.8 Å². The SMILES string of the molecule is CCC(=O)Nc1c(C)noc1/C=C\c1ccc(S(=O)(=O)Nc2ccccc2C)cc1. The van der Waals surface area contributed by atoms with E-state index in [9.17, 15) is 13.2 Å². The fourth-order valence-corrected chi connectivity index (χ4v) is 3.83. The lowest BCUT2D eigenvalue weighted by Gasteiger charge is -2.10. The minimum absolute atomic E-state index is 0.133. The van der Waals surface area contributed by atoms with E-state index in [2.05, 4.69) is 15.2 Å². The molecule has 8 heteroatoms. The highest BCUT2D eigenvalue weighted by Gasteiger charge is 2.15. The Morgan fingerprint density at radius 2 is 1.77 bits per heavy atom. The first kappa shape index (κ1) is 21.3. The number of amides is 1. The highest BCUT2D eigenvalue weighted by molar-refractivity contribution is 7.92. The molecule has 30 heavy (non-hydrogen) atoms. The summed E-state index contributed by atoms with van der Waals surface area (Å²) in [5.41, 5.74) is 3.27. The molecule has 1 amide bonds. The zero-order valence-electron chi connectivity index (χ0n) is 17.0. The van der Waals surface area contributed by atoms with Crippen molar-refractivity contribution in [3.05, 3.63) is 71.1 Å². The molecule has 156 valence electrons. The third-order valence-corrected chi connectivity index (χ3v) is 5.86. The van der Waals surface area contributed by atoms with E-state index in [1.54, 1.807) is 50.3 Å². The molecule has 0 fully saturated rings. The van der Waals surface area contributed by atoms with Gasteiger partial charge in [0.2, 0.25) is 5.91 Å². The average molecular weight is 426 g/mol. The molecule has 0 aliphatic rings. The predicted octanol–water partition coefficient (Wildman–Crippen LogP) is 4.61. The van der Waals surface area contributed by atoms with E-state index < -0.39 is 10.0 Å². The van der Waals surface area contributed by atoms with Gasteiger partial charge in [0.25, 0.3) is 10.0 Å². The molecule has 0 saturated heterocycles. The van der Waals surface area contributed by atoms with Crippen LogP contribution >= 0.6 is 0 Å². The molecule has 1 heterocycles. The number of carbonyl (C=O) groups excluding carboxylic acids is 1. The molecular weight excluding hydrogens is 402 g/mol. The third-order valence-electron chi connectivity index (χ3n) is 4.48. The summed E-state index contributed by atoms with van der Waals surface area (Å²) in [7, 11) is -3.69. The largest absolute Gasteiger partial charge is 0.354 e. The highest BCUT2D eigenvalue weighted by Crippen LogP contribution is 2.24. The lowest BCUT2D eigenvalue weighted by molar-refractivity contribution is -0.115. The van der Waals surface area contributed by atoms with Crippen molar-refractivity contribution in [2.24, 2.45) is 0 Å². The highest BCUT2D eigenvalue weighted by atomic mass is 32.2. The molecular formula is C22H23N3O4S. The smallest absolute Gasteiger partial charge is 0.261 e. The number of anilines is 2. The van der Waals surface area contributed by atoms with Gasteiger partial charge in [-0.3, -0.25) is 9.52 Å². The zero-order valence-corrected chi connectivity index (χ0v) is 17.8. The van der Waals surface area contributed by atoms with E-state index in [1.807, 2.05) is 19.1 Å². The summed E-state index contributed by atoms with van der Waals surface area (Å²) in [5.74, 6) is 0.291. The van der Waals surface area contributed by atoms with Gasteiger partial charge in [-0.2, -0.15) is 0 Å². The number of sulfonamides is 1. The number of hydrogen-bond donors (Lipinski definition) is 2. The summed E-state index contributed by atoms with van der Waals surface area (Å²) < 4.78 is 33.1. The molecule has 7 nitrogen and oxygen atoms in total. The number of para-hydroxylation sites is 1. The fourth-order valence-electron chi connectivity index (χ4n) is 2.70. The standard InChI is InChI=1S/C22H23N3O4S/c1-4-21(26)23-22-16(3)24-29-20(22)14-11-17-9-12-18(13-10-17)30(27,28)25-19-8-6-5-7-15(19)2/h5-14,25H,4H2,1-3H3,(H,23,26)/b14-11-. The number of nitrogens with zero attached hydrogens (tertiary/aromatic N) is 1. The van der Waals surface area contributed by atoms with Gasteiger partial charge in [-0.1, -0.05) is 48.5 Å². The van der Waals surface area contributed by atoms with Crippen LogP contribution in [0.5, 0.6) is 0 Å². The normalized spacial score (nSPS) is 11.6. The number of aromatic nitrogens is 1. The number of carbonyl (C=O) groups is 1. The van der Waals surface area contributed by atoms with E-state index >= 15 is 0 Å². The van der Waals surface area contributed by atoms with Gasteiger partial charge in [0.15, 0.2) is 5.76 Å². The van der Waals surface area contributed by atoms with Crippen LogP contribution in [0.3, 0.4) is 0 Å². The van der Waals surface area contributed by atoms with E-state index in [0.717, 1.165) is 11.1 Å². The monoisotopic (exact) mass is 425 g/mol. The Kier molecular flexibility index (Phi) is 6.37. The number of nitrogens with one attached hydrogen (secondary N) is 2. The average Bonchev–Trinajstić information content (AvgIpc) is 3.07. The molecule has 0 atom stereocenters. The van der Waals surface area contributed by atoms with Crippen LogP contribution in [0.25, 0.3) is 12.2 Å². The summed E-state index contributed by atoms with van der Waals surface area (Å²) in [6.45, 7) is 5.35. The topological polar surface area (TPSA) is 101 Å². The van der Waals surface area contributed by atoms with Crippen LogP contribution in [-0.2, 0) is 14.8 Å². The molecule has 0 spiro atoms. The number of aryl methyl sites for hydroxylation is 2. The van der Waals surface area contributed by atoms with Gasteiger partial charge in [0.1, 0.15) is 11.4 Å². The molecule has 0 unspecified atom stereocenters. The van der Waals surface area contributed by atoms with Crippen LogP contribution < -0.4 is 10.0 Å². The van der Waals surface area contributed by atoms with Crippen LogP contribution in [0.2, 0.25) is 0 Å². The molecule has 2 aromatic carbocycles. The van der Waals surface area contributed by atoms with Crippen LogP contribution in [0.1, 0.15) is 35.9 Å². The first-order valence-corrected chi connectivity index (χ1v) is 10.9. The minimum atomic E-state index is -3.69. The second-order valence-electron chi connectivity index (χ2n) is 6.73. The maximum absolute atomic E-state index is 12.6.